The molecule has 0 saturated carbocycles. The van der Waals surface area contributed by atoms with Gasteiger partial charge in [-0.1, -0.05) is 45.4 Å². The average molecular weight is 401 g/mol. The van der Waals surface area contributed by atoms with Crippen molar-refractivity contribution in [1.29, 1.82) is 0 Å². The van der Waals surface area contributed by atoms with Crippen molar-refractivity contribution < 1.29 is 13.2 Å². The minimum Gasteiger partial charge on any atom is -0.338 e. The molecule has 2 aromatic carbocycles. The van der Waals surface area contributed by atoms with E-state index in [0.717, 1.165) is 30.4 Å². The molecule has 0 fully saturated rings. The smallest absolute Gasteiger partial charge is 0.261 e. The largest absolute Gasteiger partial charge is 0.338 e. The molecular weight excluding hydrogens is 372 g/mol. The first-order valence-corrected chi connectivity index (χ1v) is 11.3. The Hall–Kier alpha value is -2.34. The summed E-state index contributed by atoms with van der Waals surface area (Å²) in [6, 6.07) is 12.6. The van der Waals surface area contributed by atoms with Crippen molar-refractivity contribution in [3.63, 3.8) is 0 Å². The van der Waals surface area contributed by atoms with Gasteiger partial charge >= 0.3 is 0 Å². The number of hydrogen-bond donors (Lipinski definition) is 1. The highest BCUT2D eigenvalue weighted by Crippen LogP contribution is 2.25. The lowest BCUT2D eigenvalue weighted by Crippen LogP contribution is -2.38. The van der Waals surface area contributed by atoms with Gasteiger partial charge < -0.3 is 4.90 Å². The zero-order chi connectivity index (χ0) is 20.3. The number of aryl methyl sites for hydroxylation is 1. The van der Waals surface area contributed by atoms with Crippen LogP contribution in [0.5, 0.6) is 0 Å². The number of anilines is 1. The summed E-state index contributed by atoms with van der Waals surface area (Å²) in [5.41, 5.74) is 3.82. The summed E-state index contributed by atoms with van der Waals surface area (Å²) in [5.74, 6) is 0.0859. The van der Waals surface area contributed by atoms with E-state index in [-0.39, 0.29) is 16.7 Å². The van der Waals surface area contributed by atoms with Crippen LogP contribution in [0.25, 0.3) is 0 Å². The van der Waals surface area contributed by atoms with Gasteiger partial charge in [-0.3, -0.25) is 9.52 Å². The van der Waals surface area contributed by atoms with Crippen LogP contribution < -0.4 is 4.72 Å². The van der Waals surface area contributed by atoms with Crippen LogP contribution in [0.4, 0.5) is 5.69 Å². The zero-order valence-electron chi connectivity index (χ0n) is 16.7. The summed E-state index contributed by atoms with van der Waals surface area (Å²) >= 11 is 0. The number of hydrogen-bond acceptors (Lipinski definition) is 3. The number of sulfonamides is 1. The second kappa shape index (κ2) is 8.35. The number of amides is 1. The Kier molecular flexibility index (Phi) is 6.08. The van der Waals surface area contributed by atoms with Crippen LogP contribution in [0.2, 0.25) is 0 Å². The molecule has 1 N–H and O–H groups in total. The number of benzene rings is 2. The van der Waals surface area contributed by atoms with E-state index in [1.807, 2.05) is 43.0 Å². The van der Waals surface area contributed by atoms with Gasteiger partial charge in [-0.25, -0.2) is 8.42 Å². The molecule has 0 bridgehead atoms. The van der Waals surface area contributed by atoms with E-state index in [1.165, 1.54) is 5.56 Å². The Morgan fingerprint density at radius 2 is 1.82 bits per heavy atom. The fourth-order valence-corrected chi connectivity index (χ4v) is 4.56. The molecule has 1 aliphatic heterocycles. The Morgan fingerprint density at radius 1 is 1.11 bits per heavy atom. The van der Waals surface area contributed by atoms with Gasteiger partial charge in [0.1, 0.15) is 0 Å². The molecule has 6 heteroatoms. The highest BCUT2D eigenvalue weighted by molar-refractivity contribution is 7.92. The average Bonchev–Trinajstić information content (AvgIpc) is 2.67. The number of rotatable bonds is 6. The molecule has 0 spiro atoms. The van der Waals surface area contributed by atoms with E-state index in [0.29, 0.717) is 18.8 Å². The molecule has 0 atom stereocenters. The molecule has 2 aromatic rings. The van der Waals surface area contributed by atoms with Crippen LogP contribution in [0.15, 0.2) is 47.4 Å². The van der Waals surface area contributed by atoms with E-state index in [9.17, 15) is 13.2 Å². The Morgan fingerprint density at radius 3 is 2.46 bits per heavy atom. The van der Waals surface area contributed by atoms with E-state index in [1.54, 1.807) is 18.2 Å². The molecule has 0 aromatic heterocycles. The van der Waals surface area contributed by atoms with Gasteiger partial charge in [0.2, 0.25) is 5.91 Å². The summed E-state index contributed by atoms with van der Waals surface area (Å²) < 4.78 is 28.1. The third kappa shape index (κ3) is 4.55. The molecule has 28 heavy (non-hydrogen) atoms. The van der Waals surface area contributed by atoms with Gasteiger partial charge in [0.15, 0.2) is 0 Å². The lowest BCUT2D eigenvalue weighted by molar-refractivity contribution is -0.135. The van der Waals surface area contributed by atoms with Gasteiger partial charge in [-0.2, -0.15) is 0 Å². The monoisotopic (exact) mass is 400 g/mol. The number of carbonyl (C=O) groups is 1. The topological polar surface area (TPSA) is 66.5 Å². The lowest BCUT2D eigenvalue weighted by Gasteiger charge is -2.30. The van der Waals surface area contributed by atoms with Gasteiger partial charge in [0.25, 0.3) is 10.0 Å². The van der Waals surface area contributed by atoms with Crippen molar-refractivity contribution in [1.82, 2.24) is 4.90 Å². The number of nitrogens with one attached hydrogen (secondary N) is 1. The lowest BCUT2D eigenvalue weighted by atomic mass is 9.98. The molecule has 1 amide bonds. The van der Waals surface area contributed by atoms with Crippen LogP contribution in [0, 0.1) is 5.92 Å². The Balaban J connectivity index is 1.78. The molecule has 150 valence electrons. The van der Waals surface area contributed by atoms with Gasteiger partial charge in [0.05, 0.1) is 4.90 Å². The molecule has 5 nitrogen and oxygen atoms in total. The van der Waals surface area contributed by atoms with Crippen LogP contribution in [0.3, 0.4) is 0 Å². The standard InChI is InChI=1S/C22H28N2O3S/c1-4-5-17-6-10-21(11-7-17)28(26,27)23-20-9-8-18-12-13-24(15-19(18)14-20)22(25)16(2)3/h6-11,14,16,23H,4-5,12-13,15H2,1-3H3. The predicted octanol–water partition coefficient (Wildman–Crippen LogP) is 3.98. The third-order valence-corrected chi connectivity index (χ3v) is 6.45. The quantitative estimate of drug-likeness (QED) is 0.798. The molecule has 1 heterocycles. The van der Waals surface area contributed by atoms with Gasteiger partial charge in [-0.15, -0.1) is 0 Å². The molecule has 0 aliphatic carbocycles. The fraction of sp³-hybridized carbons (Fsp3) is 0.409. The van der Waals surface area contributed by atoms with Crippen molar-refractivity contribution in [3.05, 3.63) is 59.2 Å². The summed E-state index contributed by atoms with van der Waals surface area (Å²) in [5, 5.41) is 0. The van der Waals surface area contributed by atoms with Gasteiger partial charge in [-0.05, 0) is 53.8 Å². The highest BCUT2D eigenvalue weighted by atomic mass is 32.2. The van der Waals surface area contributed by atoms with Crippen molar-refractivity contribution in [2.75, 3.05) is 11.3 Å². The van der Waals surface area contributed by atoms with Gasteiger partial charge in [0, 0.05) is 24.7 Å². The molecular formula is C22H28N2O3S. The van der Waals surface area contributed by atoms with Crippen LogP contribution in [0.1, 0.15) is 43.9 Å². The zero-order valence-corrected chi connectivity index (χ0v) is 17.6. The summed E-state index contributed by atoms with van der Waals surface area (Å²) in [6.45, 7) is 7.12. The second-order valence-electron chi connectivity index (χ2n) is 7.65. The van der Waals surface area contributed by atoms with Crippen molar-refractivity contribution >= 4 is 21.6 Å². The first-order chi connectivity index (χ1) is 13.3. The Bertz CT molecular complexity index is 950. The van der Waals surface area contributed by atoms with Crippen LogP contribution in [-0.2, 0) is 34.2 Å². The van der Waals surface area contributed by atoms with Crippen LogP contribution in [-0.4, -0.2) is 25.8 Å². The molecule has 3 rings (SSSR count). The Labute approximate surface area is 167 Å². The third-order valence-electron chi connectivity index (χ3n) is 5.05. The first kappa shape index (κ1) is 20.4. The number of nitrogens with zero attached hydrogens (tertiary/aromatic N) is 1. The van der Waals surface area contributed by atoms with Crippen molar-refractivity contribution in [3.8, 4) is 0 Å². The van der Waals surface area contributed by atoms with E-state index in [4.69, 9.17) is 0 Å². The van der Waals surface area contributed by atoms with E-state index >= 15 is 0 Å². The van der Waals surface area contributed by atoms with E-state index < -0.39 is 10.0 Å². The van der Waals surface area contributed by atoms with Crippen molar-refractivity contribution in [2.45, 2.75) is 51.5 Å². The maximum Gasteiger partial charge on any atom is 0.261 e. The summed E-state index contributed by atoms with van der Waals surface area (Å²) in [6.07, 6.45) is 2.75. The molecule has 0 saturated heterocycles. The number of fused-ring (bicyclic) bond motifs is 1. The minimum absolute atomic E-state index is 0.0427. The first-order valence-electron chi connectivity index (χ1n) is 9.82. The summed E-state index contributed by atoms with van der Waals surface area (Å²) in [4.78, 5) is 14.4. The SMILES string of the molecule is CCCc1ccc(S(=O)(=O)Nc2ccc3c(c2)CN(C(=O)C(C)C)CC3)cc1. The van der Waals surface area contributed by atoms with Crippen molar-refractivity contribution in [2.24, 2.45) is 5.92 Å². The molecule has 0 unspecified atom stereocenters. The second-order valence-corrected chi connectivity index (χ2v) is 9.33. The molecule has 1 aliphatic rings. The minimum atomic E-state index is -3.65. The fourth-order valence-electron chi connectivity index (χ4n) is 3.51. The number of carbonyl (C=O) groups excluding carboxylic acids is 1. The normalized spacial score (nSPS) is 14.1. The molecule has 0 radical (unpaired) electrons. The van der Waals surface area contributed by atoms with E-state index in [2.05, 4.69) is 11.6 Å². The van der Waals surface area contributed by atoms with Crippen LogP contribution >= 0.6 is 0 Å². The maximum absolute atomic E-state index is 12.7. The maximum atomic E-state index is 12.7. The summed E-state index contributed by atoms with van der Waals surface area (Å²) in [7, 11) is -3.65. The highest BCUT2D eigenvalue weighted by Gasteiger charge is 2.23. The predicted molar refractivity (Wildman–Crippen MR) is 112 cm³/mol.